The van der Waals surface area contributed by atoms with Gasteiger partial charge in [-0.05, 0) is 24.9 Å². The van der Waals surface area contributed by atoms with E-state index in [1.54, 1.807) is 0 Å². The van der Waals surface area contributed by atoms with Crippen molar-refractivity contribution in [1.29, 1.82) is 0 Å². The Hall–Kier alpha value is -1.72. The summed E-state index contributed by atoms with van der Waals surface area (Å²) in [6.07, 6.45) is 2.09. The van der Waals surface area contributed by atoms with Crippen molar-refractivity contribution in [3.05, 3.63) is 35.9 Å². The predicted octanol–water partition coefficient (Wildman–Crippen LogP) is 0.329. The molecule has 2 amide bonds. The molecule has 0 saturated carbocycles. The predicted molar refractivity (Wildman–Crippen MR) is 75.0 cm³/mol. The third-order valence-electron chi connectivity index (χ3n) is 3.54. The monoisotopic (exact) mass is 276 g/mol. The second-order valence-electron chi connectivity index (χ2n) is 5.08. The fourth-order valence-corrected chi connectivity index (χ4v) is 2.52. The third kappa shape index (κ3) is 4.15. The number of hydrogen-bond donors (Lipinski definition) is 2. The second-order valence-corrected chi connectivity index (χ2v) is 5.08. The van der Waals surface area contributed by atoms with E-state index >= 15 is 0 Å². The molecule has 1 atom stereocenters. The van der Waals surface area contributed by atoms with Crippen LogP contribution in [0.25, 0.3) is 0 Å². The van der Waals surface area contributed by atoms with E-state index in [1.807, 2.05) is 35.2 Å². The van der Waals surface area contributed by atoms with Gasteiger partial charge in [0.25, 0.3) is 0 Å². The van der Waals surface area contributed by atoms with Crippen LogP contribution in [0.2, 0.25) is 0 Å². The SMILES string of the molecule is O=C(Cc1ccccc1)NC(=O)CN1CCC[C@@H]1CO. The van der Waals surface area contributed by atoms with Crippen molar-refractivity contribution >= 4 is 11.8 Å². The minimum Gasteiger partial charge on any atom is -0.395 e. The summed E-state index contributed by atoms with van der Waals surface area (Å²) in [5.74, 6) is -0.591. The Kier molecular flexibility index (Phi) is 5.26. The van der Waals surface area contributed by atoms with Crippen LogP contribution >= 0.6 is 0 Å². The Balaban J connectivity index is 1.78. The van der Waals surface area contributed by atoms with E-state index < -0.39 is 0 Å². The number of aliphatic hydroxyl groups is 1. The van der Waals surface area contributed by atoms with Crippen molar-refractivity contribution in [2.75, 3.05) is 19.7 Å². The first kappa shape index (κ1) is 14.7. The first-order valence-corrected chi connectivity index (χ1v) is 6.90. The number of amides is 2. The lowest BCUT2D eigenvalue weighted by atomic mass is 10.1. The van der Waals surface area contributed by atoms with Gasteiger partial charge in [0.2, 0.25) is 11.8 Å². The Bertz CT molecular complexity index is 461. The topological polar surface area (TPSA) is 69.6 Å². The molecule has 0 bridgehead atoms. The van der Waals surface area contributed by atoms with Crippen LogP contribution in [0.15, 0.2) is 30.3 Å². The van der Waals surface area contributed by atoms with Crippen molar-refractivity contribution in [3.63, 3.8) is 0 Å². The van der Waals surface area contributed by atoms with E-state index in [9.17, 15) is 14.7 Å². The molecule has 5 nitrogen and oxygen atoms in total. The van der Waals surface area contributed by atoms with E-state index in [0.717, 1.165) is 24.9 Å². The van der Waals surface area contributed by atoms with Crippen molar-refractivity contribution < 1.29 is 14.7 Å². The number of hydrogen-bond acceptors (Lipinski definition) is 4. The van der Waals surface area contributed by atoms with Gasteiger partial charge < -0.3 is 5.11 Å². The van der Waals surface area contributed by atoms with E-state index in [-0.39, 0.29) is 37.4 Å². The Labute approximate surface area is 118 Å². The lowest BCUT2D eigenvalue weighted by Gasteiger charge is -2.21. The smallest absolute Gasteiger partial charge is 0.240 e. The number of likely N-dealkylation sites (tertiary alicyclic amines) is 1. The summed E-state index contributed by atoms with van der Waals surface area (Å²) in [4.78, 5) is 25.5. The van der Waals surface area contributed by atoms with Gasteiger partial charge in [0, 0.05) is 6.04 Å². The van der Waals surface area contributed by atoms with Gasteiger partial charge in [-0.15, -0.1) is 0 Å². The molecule has 1 aromatic rings. The first-order chi connectivity index (χ1) is 9.69. The van der Waals surface area contributed by atoms with Gasteiger partial charge in [-0.1, -0.05) is 30.3 Å². The Morgan fingerprint density at radius 2 is 2.00 bits per heavy atom. The first-order valence-electron chi connectivity index (χ1n) is 6.90. The van der Waals surface area contributed by atoms with Crippen molar-refractivity contribution in [1.82, 2.24) is 10.2 Å². The second kappa shape index (κ2) is 7.17. The number of imide groups is 1. The maximum atomic E-state index is 11.8. The molecular formula is C15H20N2O3. The van der Waals surface area contributed by atoms with E-state index in [0.29, 0.717) is 0 Å². The average molecular weight is 276 g/mol. The molecule has 0 unspecified atom stereocenters. The van der Waals surface area contributed by atoms with Gasteiger partial charge in [0.05, 0.1) is 19.6 Å². The number of benzene rings is 1. The summed E-state index contributed by atoms with van der Waals surface area (Å²) in [5, 5.41) is 11.6. The fourth-order valence-electron chi connectivity index (χ4n) is 2.52. The van der Waals surface area contributed by atoms with Gasteiger partial charge >= 0.3 is 0 Å². The van der Waals surface area contributed by atoms with Gasteiger partial charge in [0.1, 0.15) is 0 Å². The highest BCUT2D eigenvalue weighted by Crippen LogP contribution is 2.15. The molecule has 108 valence electrons. The van der Waals surface area contributed by atoms with Crippen LogP contribution in [0.4, 0.5) is 0 Å². The lowest BCUT2D eigenvalue weighted by Crippen LogP contribution is -2.43. The molecule has 1 aliphatic heterocycles. The van der Waals surface area contributed by atoms with Gasteiger partial charge in [-0.25, -0.2) is 0 Å². The molecular weight excluding hydrogens is 256 g/mol. The van der Waals surface area contributed by atoms with Crippen molar-refractivity contribution in [2.45, 2.75) is 25.3 Å². The van der Waals surface area contributed by atoms with Crippen LogP contribution in [-0.4, -0.2) is 47.6 Å². The maximum absolute atomic E-state index is 11.8. The van der Waals surface area contributed by atoms with E-state index in [1.165, 1.54) is 0 Å². The van der Waals surface area contributed by atoms with Crippen LogP contribution in [0.5, 0.6) is 0 Å². The molecule has 0 radical (unpaired) electrons. The lowest BCUT2D eigenvalue weighted by molar-refractivity contribution is -0.130. The van der Waals surface area contributed by atoms with Gasteiger partial charge in [-0.3, -0.25) is 19.8 Å². The molecule has 2 N–H and O–H groups in total. The molecule has 2 rings (SSSR count). The highest BCUT2D eigenvalue weighted by atomic mass is 16.3. The van der Waals surface area contributed by atoms with Crippen LogP contribution in [0, 0.1) is 0 Å². The Morgan fingerprint density at radius 1 is 1.25 bits per heavy atom. The van der Waals surface area contributed by atoms with E-state index in [2.05, 4.69) is 5.32 Å². The minimum absolute atomic E-state index is 0.0463. The third-order valence-corrected chi connectivity index (χ3v) is 3.54. The molecule has 1 aliphatic rings. The highest BCUT2D eigenvalue weighted by Gasteiger charge is 2.25. The fraction of sp³-hybridized carbons (Fsp3) is 0.467. The summed E-state index contributed by atoms with van der Waals surface area (Å²) in [7, 11) is 0. The molecule has 0 aliphatic carbocycles. The standard InChI is InChI=1S/C15H20N2O3/c18-11-13-7-4-8-17(13)10-15(20)16-14(19)9-12-5-2-1-3-6-12/h1-3,5-6,13,18H,4,7-11H2,(H,16,19,20)/t13-/m1/s1. The van der Waals surface area contributed by atoms with Gasteiger partial charge in [0.15, 0.2) is 0 Å². The molecule has 1 heterocycles. The van der Waals surface area contributed by atoms with Crippen molar-refractivity contribution in [2.24, 2.45) is 0 Å². The average Bonchev–Trinajstić information content (AvgIpc) is 2.86. The number of rotatable bonds is 5. The van der Waals surface area contributed by atoms with Gasteiger partial charge in [-0.2, -0.15) is 0 Å². The normalized spacial score (nSPS) is 18.9. The molecule has 1 aromatic carbocycles. The van der Waals surface area contributed by atoms with Crippen LogP contribution in [0.1, 0.15) is 18.4 Å². The quantitative estimate of drug-likeness (QED) is 0.813. The summed E-state index contributed by atoms with van der Waals surface area (Å²) < 4.78 is 0. The van der Waals surface area contributed by atoms with Crippen LogP contribution in [-0.2, 0) is 16.0 Å². The number of carbonyl (C=O) groups excluding carboxylic acids is 2. The summed E-state index contributed by atoms with van der Waals surface area (Å²) >= 11 is 0. The van der Waals surface area contributed by atoms with Crippen LogP contribution in [0.3, 0.4) is 0 Å². The zero-order chi connectivity index (χ0) is 14.4. The highest BCUT2D eigenvalue weighted by molar-refractivity contribution is 5.96. The zero-order valence-corrected chi connectivity index (χ0v) is 11.4. The molecule has 5 heteroatoms. The van der Waals surface area contributed by atoms with Crippen LogP contribution < -0.4 is 5.32 Å². The molecule has 20 heavy (non-hydrogen) atoms. The summed E-state index contributed by atoms with van der Waals surface area (Å²) in [6, 6.07) is 9.36. The molecule has 1 saturated heterocycles. The zero-order valence-electron chi connectivity index (χ0n) is 11.4. The summed E-state index contributed by atoms with van der Waals surface area (Å²) in [6.45, 7) is 1.03. The minimum atomic E-state index is -0.300. The Morgan fingerprint density at radius 3 is 2.70 bits per heavy atom. The largest absolute Gasteiger partial charge is 0.395 e. The number of aliphatic hydroxyl groups excluding tert-OH is 1. The molecule has 1 fully saturated rings. The maximum Gasteiger partial charge on any atom is 0.240 e. The van der Waals surface area contributed by atoms with Crippen molar-refractivity contribution in [3.8, 4) is 0 Å². The number of nitrogens with one attached hydrogen (secondary N) is 1. The summed E-state index contributed by atoms with van der Waals surface area (Å²) in [5.41, 5.74) is 0.882. The number of nitrogens with zero attached hydrogens (tertiary/aromatic N) is 1. The molecule has 0 aromatic heterocycles. The molecule has 0 spiro atoms. The number of carbonyl (C=O) groups is 2. The van der Waals surface area contributed by atoms with E-state index in [4.69, 9.17) is 0 Å².